The number of hydrogen-bond donors (Lipinski definition) is 2. The molecule has 1 unspecified atom stereocenters. The molecule has 24 heavy (non-hydrogen) atoms. The van der Waals surface area contributed by atoms with Crippen LogP contribution in [0.15, 0.2) is 43.1 Å². The van der Waals surface area contributed by atoms with E-state index < -0.39 is 17.9 Å². The van der Waals surface area contributed by atoms with Crippen molar-refractivity contribution in [3.8, 4) is 5.69 Å². The highest BCUT2D eigenvalue weighted by Crippen LogP contribution is 2.08. The monoisotopic (exact) mass is 330 g/mol. The van der Waals surface area contributed by atoms with Crippen LogP contribution in [0.3, 0.4) is 0 Å². The predicted octanol–water partition coefficient (Wildman–Crippen LogP) is 0.961. The summed E-state index contributed by atoms with van der Waals surface area (Å²) in [5.41, 5.74) is 1.86. The van der Waals surface area contributed by atoms with Crippen molar-refractivity contribution in [3.63, 3.8) is 0 Å². The Bertz CT molecular complexity index is 724. The summed E-state index contributed by atoms with van der Waals surface area (Å²) in [4.78, 5) is 23.3. The maximum atomic E-state index is 12.1. The molecule has 8 nitrogen and oxygen atoms in total. The minimum Gasteiger partial charge on any atom is -0.480 e. The number of nitrogens with one attached hydrogen (secondary N) is 1. The number of ether oxygens (including phenoxy) is 1. The molecule has 0 saturated heterocycles. The summed E-state index contributed by atoms with van der Waals surface area (Å²) in [5.74, 6) is -1.83. The summed E-state index contributed by atoms with van der Waals surface area (Å²) in [6.07, 6.45) is 2.93. The van der Waals surface area contributed by atoms with Crippen molar-refractivity contribution in [1.29, 1.82) is 0 Å². The third-order valence-corrected chi connectivity index (χ3v) is 3.15. The Morgan fingerprint density at radius 1 is 1.42 bits per heavy atom. The van der Waals surface area contributed by atoms with Gasteiger partial charge in [0.1, 0.15) is 0 Å². The lowest BCUT2D eigenvalue weighted by molar-refractivity contribution is -0.140. The highest BCUT2D eigenvalue weighted by Gasteiger charge is 2.22. The van der Waals surface area contributed by atoms with Crippen LogP contribution < -0.4 is 5.32 Å². The molecular formula is C16H18N4O4. The normalized spacial score (nSPS) is 11.7. The van der Waals surface area contributed by atoms with Gasteiger partial charge in [-0.15, -0.1) is 11.7 Å². The van der Waals surface area contributed by atoms with Gasteiger partial charge >= 0.3 is 5.97 Å². The predicted molar refractivity (Wildman–Crippen MR) is 86.0 cm³/mol. The van der Waals surface area contributed by atoms with Crippen LogP contribution in [0.5, 0.6) is 0 Å². The van der Waals surface area contributed by atoms with Crippen LogP contribution in [0.4, 0.5) is 0 Å². The molecule has 0 aliphatic rings. The maximum absolute atomic E-state index is 12.1. The third-order valence-electron chi connectivity index (χ3n) is 3.15. The fourth-order valence-corrected chi connectivity index (χ4v) is 1.87. The number of aliphatic carboxylic acids is 1. The van der Waals surface area contributed by atoms with Crippen molar-refractivity contribution >= 4 is 11.9 Å². The van der Waals surface area contributed by atoms with Gasteiger partial charge in [0.2, 0.25) is 0 Å². The maximum Gasteiger partial charge on any atom is 0.328 e. The number of rotatable bonds is 8. The van der Waals surface area contributed by atoms with Crippen LogP contribution in [-0.4, -0.2) is 51.2 Å². The Kier molecular flexibility index (Phi) is 5.80. The molecule has 0 radical (unpaired) electrons. The quantitative estimate of drug-likeness (QED) is 0.551. The molecule has 0 aliphatic carbocycles. The van der Waals surface area contributed by atoms with Crippen LogP contribution in [0.2, 0.25) is 0 Å². The van der Waals surface area contributed by atoms with Crippen molar-refractivity contribution in [2.45, 2.75) is 13.0 Å². The van der Waals surface area contributed by atoms with Crippen molar-refractivity contribution in [3.05, 3.63) is 54.4 Å². The van der Waals surface area contributed by atoms with Gasteiger partial charge < -0.3 is 15.2 Å². The molecule has 8 heteroatoms. The van der Waals surface area contributed by atoms with Crippen LogP contribution in [-0.2, 0) is 9.53 Å². The molecule has 0 spiro atoms. The molecule has 1 aromatic heterocycles. The zero-order valence-electron chi connectivity index (χ0n) is 13.2. The highest BCUT2D eigenvalue weighted by atomic mass is 16.5. The molecule has 2 aromatic rings. The molecule has 0 bridgehead atoms. The topological polar surface area (TPSA) is 106 Å². The van der Waals surface area contributed by atoms with Gasteiger partial charge in [-0.25, -0.2) is 9.48 Å². The first kappa shape index (κ1) is 17.4. The van der Waals surface area contributed by atoms with Crippen LogP contribution >= 0.6 is 0 Å². The number of nitrogens with zero attached hydrogens (tertiary/aromatic N) is 3. The number of hydrogen-bond acceptors (Lipinski definition) is 5. The van der Waals surface area contributed by atoms with Gasteiger partial charge in [-0.05, 0) is 19.1 Å². The Balaban J connectivity index is 2.05. The zero-order valence-corrected chi connectivity index (χ0v) is 13.2. The van der Waals surface area contributed by atoms with E-state index in [-0.39, 0.29) is 18.9 Å². The standard InChI is InChI=1S/C16H18N4O4/c1-3-8-24-10-14(16(22)23)17-15(21)13-9-20(19-18-13)12-6-4-11(2)5-7-12/h3-7,9,14H,1,8,10H2,2H3,(H,17,21)(H,22,23). The lowest BCUT2D eigenvalue weighted by Crippen LogP contribution is -2.44. The lowest BCUT2D eigenvalue weighted by Gasteiger charge is -2.13. The first-order chi connectivity index (χ1) is 11.5. The second-order valence-electron chi connectivity index (χ2n) is 5.07. The van der Waals surface area contributed by atoms with E-state index in [0.717, 1.165) is 11.3 Å². The van der Waals surface area contributed by atoms with Gasteiger partial charge in [0, 0.05) is 0 Å². The number of carboxylic acids is 1. The lowest BCUT2D eigenvalue weighted by atomic mass is 10.2. The smallest absolute Gasteiger partial charge is 0.328 e. The van der Waals surface area contributed by atoms with E-state index in [4.69, 9.17) is 9.84 Å². The number of benzene rings is 1. The Labute approximate surface area is 138 Å². The van der Waals surface area contributed by atoms with Crippen LogP contribution in [0, 0.1) is 6.92 Å². The number of aryl methyl sites for hydroxylation is 1. The fraction of sp³-hybridized carbons (Fsp3) is 0.250. The van der Waals surface area contributed by atoms with Crippen LogP contribution in [0.1, 0.15) is 16.1 Å². The third kappa shape index (κ3) is 4.50. The zero-order chi connectivity index (χ0) is 17.5. The van der Waals surface area contributed by atoms with E-state index >= 15 is 0 Å². The molecule has 2 N–H and O–H groups in total. The SMILES string of the molecule is C=CCOCC(NC(=O)c1cn(-c2ccc(C)cc2)nn1)C(=O)O. The Hall–Kier alpha value is -3.00. The van der Waals surface area contributed by atoms with Crippen molar-refractivity contribution < 1.29 is 19.4 Å². The van der Waals surface area contributed by atoms with Gasteiger partial charge in [0.25, 0.3) is 5.91 Å². The molecule has 2 rings (SSSR count). The summed E-state index contributed by atoms with van der Waals surface area (Å²) >= 11 is 0. The van der Waals surface area contributed by atoms with Gasteiger partial charge in [0.15, 0.2) is 11.7 Å². The van der Waals surface area contributed by atoms with Gasteiger partial charge in [-0.3, -0.25) is 4.79 Å². The van der Waals surface area contributed by atoms with E-state index in [1.54, 1.807) is 0 Å². The van der Waals surface area contributed by atoms with E-state index in [9.17, 15) is 9.59 Å². The first-order valence-corrected chi connectivity index (χ1v) is 7.23. The second-order valence-corrected chi connectivity index (χ2v) is 5.07. The molecule has 1 amide bonds. The van der Waals surface area contributed by atoms with E-state index in [2.05, 4.69) is 22.2 Å². The largest absolute Gasteiger partial charge is 0.480 e. The van der Waals surface area contributed by atoms with Crippen molar-refractivity contribution in [2.24, 2.45) is 0 Å². The van der Waals surface area contributed by atoms with Gasteiger partial charge in [0.05, 0.1) is 25.1 Å². The number of carboxylic acid groups (broad SMARTS) is 1. The minimum atomic E-state index is -1.20. The molecule has 0 fully saturated rings. The molecule has 1 aromatic carbocycles. The van der Waals surface area contributed by atoms with E-state index in [1.807, 2.05) is 31.2 Å². The highest BCUT2D eigenvalue weighted by molar-refractivity contribution is 5.94. The summed E-state index contributed by atoms with van der Waals surface area (Å²) in [6.45, 7) is 5.46. The number of carbonyl (C=O) groups excluding carboxylic acids is 1. The summed E-state index contributed by atoms with van der Waals surface area (Å²) in [6, 6.07) is 6.33. The van der Waals surface area contributed by atoms with E-state index in [1.165, 1.54) is 17.0 Å². The summed E-state index contributed by atoms with van der Waals surface area (Å²) in [7, 11) is 0. The molecule has 126 valence electrons. The second kappa shape index (κ2) is 8.02. The average molecular weight is 330 g/mol. The Morgan fingerprint density at radius 3 is 2.75 bits per heavy atom. The van der Waals surface area contributed by atoms with E-state index in [0.29, 0.717) is 0 Å². The summed E-state index contributed by atoms with van der Waals surface area (Å²) in [5, 5.41) is 19.1. The number of carbonyl (C=O) groups is 2. The van der Waals surface area contributed by atoms with Crippen LogP contribution in [0.25, 0.3) is 5.69 Å². The molecule has 0 aliphatic heterocycles. The summed E-state index contributed by atoms with van der Waals surface area (Å²) < 4.78 is 6.52. The molecular weight excluding hydrogens is 312 g/mol. The van der Waals surface area contributed by atoms with Crippen molar-refractivity contribution in [1.82, 2.24) is 20.3 Å². The number of amides is 1. The first-order valence-electron chi connectivity index (χ1n) is 7.23. The van der Waals surface area contributed by atoms with Gasteiger partial charge in [-0.2, -0.15) is 0 Å². The fourth-order valence-electron chi connectivity index (χ4n) is 1.87. The van der Waals surface area contributed by atoms with Gasteiger partial charge in [-0.1, -0.05) is 29.0 Å². The molecule has 0 saturated carbocycles. The average Bonchev–Trinajstić information content (AvgIpc) is 3.04. The number of aromatic nitrogens is 3. The Morgan fingerprint density at radius 2 is 2.12 bits per heavy atom. The molecule has 1 atom stereocenters. The molecule has 1 heterocycles. The van der Waals surface area contributed by atoms with Crippen molar-refractivity contribution in [2.75, 3.05) is 13.2 Å². The minimum absolute atomic E-state index is 0.0190.